The Morgan fingerprint density at radius 3 is 2.44 bits per heavy atom. The molecule has 1 aromatic rings. The van der Waals surface area contributed by atoms with Gasteiger partial charge in [-0.3, -0.25) is 0 Å². The molecule has 2 N–H and O–H groups in total. The maximum atomic E-state index is 13.0. The topological polar surface area (TPSA) is 35.2 Å². The second kappa shape index (κ2) is 4.47. The molecule has 2 unspecified atom stereocenters. The molecular formula is C12H15F2NO. The third-order valence-electron chi connectivity index (χ3n) is 3.03. The van der Waals surface area contributed by atoms with Crippen molar-refractivity contribution in [3.63, 3.8) is 0 Å². The lowest BCUT2D eigenvalue weighted by Gasteiger charge is -2.03. The first-order valence-corrected chi connectivity index (χ1v) is 5.35. The Bertz CT molecular complexity index is 342. The molecule has 88 valence electrons. The van der Waals surface area contributed by atoms with Gasteiger partial charge in [-0.15, -0.1) is 0 Å². The summed E-state index contributed by atoms with van der Waals surface area (Å²) in [4.78, 5) is 0. The molecule has 0 spiro atoms. The van der Waals surface area contributed by atoms with Crippen LogP contribution in [0, 0.1) is 11.8 Å². The first-order chi connectivity index (χ1) is 7.66. The molecule has 0 aromatic heterocycles. The van der Waals surface area contributed by atoms with E-state index >= 15 is 0 Å². The average molecular weight is 227 g/mol. The van der Waals surface area contributed by atoms with E-state index in [1.807, 2.05) is 30.3 Å². The van der Waals surface area contributed by atoms with Gasteiger partial charge in [0.2, 0.25) is 0 Å². The summed E-state index contributed by atoms with van der Waals surface area (Å²) in [6.07, 6.45) is 0. The second-order valence-electron chi connectivity index (χ2n) is 4.12. The summed E-state index contributed by atoms with van der Waals surface area (Å²) in [6, 6.07) is 9.51. The summed E-state index contributed by atoms with van der Waals surface area (Å²) in [5.41, 5.74) is 6.24. The lowest BCUT2D eigenvalue weighted by atomic mass is 10.2. The molecule has 0 bridgehead atoms. The van der Waals surface area contributed by atoms with Crippen LogP contribution in [-0.4, -0.2) is 19.1 Å². The van der Waals surface area contributed by atoms with Crippen LogP contribution in [0.4, 0.5) is 8.78 Å². The summed E-state index contributed by atoms with van der Waals surface area (Å²) < 4.78 is 31.3. The van der Waals surface area contributed by atoms with E-state index in [1.165, 1.54) is 0 Å². The quantitative estimate of drug-likeness (QED) is 0.835. The molecule has 1 saturated carbocycles. The van der Waals surface area contributed by atoms with E-state index in [9.17, 15) is 8.78 Å². The predicted molar refractivity (Wildman–Crippen MR) is 57.1 cm³/mol. The Morgan fingerprint density at radius 1 is 1.19 bits per heavy atom. The van der Waals surface area contributed by atoms with Crippen molar-refractivity contribution in [1.82, 2.24) is 0 Å². The molecule has 0 radical (unpaired) electrons. The fraction of sp³-hybridized carbons (Fsp3) is 0.500. The highest BCUT2D eigenvalue weighted by Gasteiger charge is 2.67. The number of alkyl halides is 2. The largest absolute Gasteiger partial charge is 0.376 e. The monoisotopic (exact) mass is 227 g/mol. The van der Waals surface area contributed by atoms with Gasteiger partial charge in [-0.1, -0.05) is 30.3 Å². The molecule has 0 amide bonds. The van der Waals surface area contributed by atoms with Crippen LogP contribution >= 0.6 is 0 Å². The third kappa shape index (κ3) is 2.23. The van der Waals surface area contributed by atoms with Crippen molar-refractivity contribution >= 4 is 0 Å². The SMILES string of the molecule is NCC1C(COCc2ccccc2)C1(F)F. The van der Waals surface area contributed by atoms with E-state index in [-0.39, 0.29) is 13.2 Å². The van der Waals surface area contributed by atoms with E-state index in [2.05, 4.69) is 0 Å². The Balaban J connectivity index is 1.74. The lowest BCUT2D eigenvalue weighted by Crippen LogP contribution is -2.06. The van der Waals surface area contributed by atoms with Crippen LogP contribution in [-0.2, 0) is 11.3 Å². The van der Waals surface area contributed by atoms with Crippen LogP contribution < -0.4 is 5.73 Å². The molecule has 0 heterocycles. The van der Waals surface area contributed by atoms with Crippen LogP contribution in [0.3, 0.4) is 0 Å². The van der Waals surface area contributed by atoms with Crippen LogP contribution in [0.2, 0.25) is 0 Å². The Morgan fingerprint density at radius 2 is 1.88 bits per heavy atom. The van der Waals surface area contributed by atoms with Gasteiger partial charge in [-0.05, 0) is 5.56 Å². The van der Waals surface area contributed by atoms with Crippen molar-refractivity contribution in [3.8, 4) is 0 Å². The molecular weight excluding hydrogens is 212 g/mol. The van der Waals surface area contributed by atoms with Crippen molar-refractivity contribution in [2.24, 2.45) is 17.6 Å². The number of halogens is 2. The van der Waals surface area contributed by atoms with Crippen LogP contribution in [0.1, 0.15) is 5.56 Å². The summed E-state index contributed by atoms with van der Waals surface area (Å²) in [6.45, 7) is 0.501. The van der Waals surface area contributed by atoms with Gasteiger partial charge in [0, 0.05) is 12.5 Å². The Hall–Kier alpha value is -1.00. The van der Waals surface area contributed by atoms with Crippen molar-refractivity contribution in [2.75, 3.05) is 13.2 Å². The molecule has 16 heavy (non-hydrogen) atoms. The molecule has 2 atom stereocenters. The molecule has 2 rings (SSSR count). The first kappa shape index (κ1) is 11.5. The molecule has 1 aliphatic rings. The average Bonchev–Trinajstić information content (AvgIpc) is 2.81. The summed E-state index contributed by atoms with van der Waals surface area (Å²) in [5, 5.41) is 0. The molecule has 0 aliphatic heterocycles. The zero-order chi connectivity index (χ0) is 11.6. The van der Waals surface area contributed by atoms with E-state index in [0.717, 1.165) is 5.56 Å². The minimum atomic E-state index is -2.62. The van der Waals surface area contributed by atoms with Crippen LogP contribution in [0.25, 0.3) is 0 Å². The molecule has 0 saturated heterocycles. The number of hydrogen-bond acceptors (Lipinski definition) is 2. The number of rotatable bonds is 5. The standard InChI is InChI=1S/C12H15F2NO/c13-12(14)10(6-15)11(12)8-16-7-9-4-2-1-3-5-9/h1-5,10-11H,6-8,15H2. The molecule has 1 aliphatic carbocycles. The van der Waals surface area contributed by atoms with Gasteiger partial charge < -0.3 is 10.5 Å². The van der Waals surface area contributed by atoms with Crippen molar-refractivity contribution in [3.05, 3.63) is 35.9 Å². The number of hydrogen-bond donors (Lipinski definition) is 1. The van der Waals surface area contributed by atoms with Gasteiger partial charge in [-0.2, -0.15) is 0 Å². The van der Waals surface area contributed by atoms with Gasteiger partial charge in [0.1, 0.15) is 0 Å². The molecule has 1 fully saturated rings. The highest BCUT2D eigenvalue weighted by molar-refractivity contribution is 5.13. The van der Waals surface area contributed by atoms with Gasteiger partial charge in [0.15, 0.2) is 0 Å². The minimum Gasteiger partial charge on any atom is -0.376 e. The van der Waals surface area contributed by atoms with E-state index < -0.39 is 17.8 Å². The van der Waals surface area contributed by atoms with Crippen molar-refractivity contribution in [2.45, 2.75) is 12.5 Å². The van der Waals surface area contributed by atoms with Crippen molar-refractivity contribution < 1.29 is 13.5 Å². The summed E-state index contributed by atoms with van der Waals surface area (Å²) in [7, 11) is 0. The molecule has 4 heteroatoms. The van der Waals surface area contributed by atoms with Gasteiger partial charge >= 0.3 is 0 Å². The van der Waals surface area contributed by atoms with Gasteiger partial charge in [-0.25, -0.2) is 8.78 Å². The number of ether oxygens (including phenoxy) is 1. The smallest absolute Gasteiger partial charge is 0.258 e. The summed E-state index contributed by atoms with van der Waals surface area (Å²) >= 11 is 0. The van der Waals surface area contributed by atoms with Gasteiger partial charge in [0.05, 0.1) is 19.1 Å². The molecule has 1 aromatic carbocycles. The highest BCUT2D eigenvalue weighted by Crippen LogP contribution is 2.54. The third-order valence-corrected chi connectivity index (χ3v) is 3.03. The zero-order valence-corrected chi connectivity index (χ0v) is 8.90. The number of benzene rings is 1. The first-order valence-electron chi connectivity index (χ1n) is 5.35. The van der Waals surface area contributed by atoms with Crippen LogP contribution in [0.5, 0.6) is 0 Å². The normalized spacial score (nSPS) is 26.7. The number of nitrogens with two attached hydrogens (primary N) is 1. The Labute approximate surface area is 93.4 Å². The van der Waals surface area contributed by atoms with Gasteiger partial charge in [0.25, 0.3) is 5.92 Å². The second-order valence-corrected chi connectivity index (χ2v) is 4.12. The van der Waals surface area contributed by atoms with E-state index in [4.69, 9.17) is 10.5 Å². The lowest BCUT2D eigenvalue weighted by molar-refractivity contribution is 0.0463. The Kier molecular flexibility index (Phi) is 3.21. The van der Waals surface area contributed by atoms with E-state index in [1.54, 1.807) is 0 Å². The highest BCUT2D eigenvalue weighted by atomic mass is 19.3. The fourth-order valence-electron chi connectivity index (χ4n) is 1.89. The van der Waals surface area contributed by atoms with Crippen molar-refractivity contribution in [1.29, 1.82) is 0 Å². The van der Waals surface area contributed by atoms with E-state index in [0.29, 0.717) is 6.61 Å². The fourth-order valence-corrected chi connectivity index (χ4v) is 1.89. The maximum absolute atomic E-state index is 13.0. The predicted octanol–water partition coefficient (Wildman–Crippen LogP) is 2.04. The zero-order valence-electron chi connectivity index (χ0n) is 8.90. The van der Waals surface area contributed by atoms with Crippen LogP contribution in [0.15, 0.2) is 30.3 Å². The minimum absolute atomic E-state index is 0.0341. The maximum Gasteiger partial charge on any atom is 0.258 e. The summed E-state index contributed by atoms with van der Waals surface area (Å²) in [5.74, 6) is -4.00. The molecule has 2 nitrogen and oxygen atoms in total.